The summed E-state index contributed by atoms with van der Waals surface area (Å²) in [5, 5.41) is 13.8. The number of halogens is 1. The van der Waals surface area contributed by atoms with Gasteiger partial charge in [-0.1, -0.05) is 48.5 Å². The molecule has 0 saturated heterocycles. The van der Waals surface area contributed by atoms with E-state index in [1.165, 1.54) is 12.1 Å². The highest BCUT2D eigenvalue weighted by atomic mass is 19.1. The quantitative estimate of drug-likeness (QED) is 0.723. The highest BCUT2D eigenvalue weighted by molar-refractivity contribution is 6.05. The van der Waals surface area contributed by atoms with E-state index in [-0.39, 0.29) is 17.9 Å². The molecule has 27 heavy (non-hydrogen) atoms. The molecule has 3 rings (SSSR count). The summed E-state index contributed by atoms with van der Waals surface area (Å²) in [5.74, 6) is -2.43. The minimum atomic E-state index is -2.56. The predicted molar refractivity (Wildman–Crippen MR) is 93.7 cm³/mol. The molecule has 140 valence electrons. The molecule has 1 aliphatic heterocycles. The van der Waals surface area contributed by atoms with Crippen molar-refractivity contribution in [2.75, 3.05) is 5.32 Å². The number of hydrogen-bond acceptors (Lipinski definition) is 4. The molecule has 7 nitrogen and oxygen atoms in total. The Hall–Kier alpha value is -3.42. The van der Waals surface area contributed by atoms with Gasteiger partial charge in [0.2, 0.25) is 5.67 Å². The van der Waals surface area contributed by atoms with E-state index < -0.39 is 36.1 Å². The molecule has 0 saturated carbocycles. The number of aliphatic carboxylic acids is 1. The first-order chi connectivity index (χ1) is 12.9. The number of carbonyl (C=O) groups excluding carboxylic acids is 2. The number of alkyl halides is 1. The van der Waals surface area contributed by atoms with E-state index in [1.54, 1.807) is 42.5 Å². The van der Waals surface area contributed by atoms with Crippen LogP contribution in [0.5, 0.6) is 0 Å². The summed E-state index contributed by atoms with van der Waals surface area (Å²) in [6.07, 6.45) is -1.77. The highest BCUT2D eigenvalue weighted by Gasteiger charge is 2.50. The molecule has 1 heterocycles. The second kappa shape index (κ2) is 7.45. The zero-order valence-electron chi connectivity index (χ0n) is 14.1. The summed E-state index contributed by atoms with van der Waals surface area (Å²) >= 11 is 0. The van der Waals surface area contributed by atoms with Gasteiger partial charge >= 0.3 is 12.1 Å². The molecule has 0 spiro atoms. The van der Waals surface area contributed by atoms with Crippen molar-refractivity contribution in [2.45, 2.75) is 24.7 Å². The molecule has 1 aliphatic rings. The Labute approximate surface area is 154 Å². The maximum Gasteiger partial charge on any atom is 0.408 e. The van der Waals surface area contributed by atoms with Crippen LogP contribution in [0.4, 0.5) is 14.9 Å². The lowest BCUT2D eigenvalue weighted by Crippen LogP contribution is -2.46. The summed E-state index contributed by atoms with van der Waals surface area (Å²) in [7, 11) is 0. The predicted octanol–water partition coefficient (Wildman–Crippen LogP) is 2.57. The van der Waals surface area contributed by atoms with E-state index >= 15 is 4.39 Å². The molecule has 0 aromatic heterocycles. The molecule has 1 unspecified atom stereocenters. The normalized spacial score (nSPS) is 18.9. The van der Waals surface area contributed by atoms with E-state index in [4.69, 9.17) is 4.74 Å². The van der Waals surface area contributed by atoms with Gasteiger partial charge in [0.05, 0.1) is 0 Å². The second-order valence-electron chi connectivity index (χ2n) is 6.10. The summed E-state index contributed by atoms with van der Waals surface area (Å²) in [4.78, 5) is 35.5. The van der Waals surface area contributed by atoms with Crippen molar-refractivity contribution in [1.29, 1.82) is 0 Å². The Bertz CT molecular complexity index is 873. The van der Waals surface area contributed by atoms with E-state index in [1.807, 2.05) is 0 Å². The number of carbonyl (C=O) groups is 3. The van der Waals surface area contributed by atoms with E-state index in [9.17, 15) is 19.5 Å². The van der Waals surface area contributed by atoms with Gasteiger partial charge < -0.3 is 20.5 Å². The molecular formula is C19H17FN2O5. The van der Waals surface area contributed by atoms with Crippen LogP contribution in [0.25, 0.3) is 0 Å². The number of fused-ring (bicyclic) bond motifs is 1. The van der Waals surface area contributed by atoms with Crippen molar-refractivity contribution in [3.05, 3.63) is 65.7 Å². The van der Waals surface area contributed by atoms with Crippen molar-refractivity contribution in [3.8, 4) is 0 Å². The molecule has 3 N–H and O–H groups in total. The molecule has 2 aromatic rings. The van der Waals surface area contributed by atoms with Crippen LogP contribution in [0.2, 0.25) is 0 Å². The number of amides is 2. The summed E-state index contributed by atoms with van der Waals surface area (Å²) in [6, 6.07) is 13.2. The van der Waals surface area contributed by atoms with Crippen LogP contribution in [0.15, 0.2) is 54.6 Å². The standard InChI is InChI=1S/C19H17FN2O5/c20-19(13-8-4-5-9-14(13)21-17(19)25)10-15(16(23)24)22-18(26)27-11-12-6-2-1-3-7-12/h1-9,15H,10-11H2,(H,21,25)(H,22,26)(H,23,24)/t15-,19?/m0/s1. The Morgan fingerprint density at radius 3 is 2.52 bits per heavy atom. The summed E-state index contributed by atoms with van der Waals surface area (Å²) in [6.45, 7) is -0.0664. The average molecular weight is 372 g/mol. The van der Waals surface area contributed by atoms with Gasteiger partial charge in [-0.05, 0) is 11.6 Å². The zero-order chi connectivity index (χ0) is 19.4. The van der Waals surface area contributed by atoms with Crippen LogP contribution in [0, 0.1) is 0 Å². The van der Waals surface area contributed by atoms with Crippen LogP contribution in [-0.2, 0) is 26.6 Å². The Morgan fingerprint density at radius 2 is 1.81 bits per heavy atom. The molecule has 0 radical (unpaired) electrons. The number of para-hydroxylation sites is 1. The van der Waals surface area contributed by atoms with E-state index in [2.05, 4.69) is 10.6 Å². The zero-order valence-corrected chi connectivity index (χ0v) is 14.1. The van der Waals surface area contributed by atoms with E-state index in [0.29, 0.717) is 5.56 Å². The first-order valence-corrected chi connectivity index (χ1v) is 8.20. The number of hydrogen-bond donors (Lipinski definition) is 3. The van der Waals surface area contributed by atoms with Gasteiger partial charge in [0, 0.05) is 17.7 Å². The molecule has 0 bridgehead atoms. The van der Waals surface area contributed by atoms with Gasteiger partial charge in [0.15, 0.2) is 0 Å². The number of anilines is 1. The topological polar surface area (TPSA) is 105 Å². The molecule has 2 atom stereocenters. The van der Waals surface area contributed by atoms with Crippen molar-refractivity contribution < 1.29 is 28.6 Å². The number of rotatable bonds is 6. The third kappa shape index (κ3) is 3.89. The van der Waals surface area contributed by atoms with Crippen LogP contribution in [0.1, 0.15) is 17.5 Å². The summed E-state index contributed by atoms with van der Waals surface area (Å²) < 4.78 is 20.3. The van der Waals surface area contributed by atoms with Gasteiger partial charge in [-0.3, -0.25) is 4.79 Å². The largest absolute Gasteiger partial charge is 0.480 e. The monoisotopic (exact) mass is 372 g/mol. The molecule has 0 aliphatic carbocycles. The van der Waals surface area contributed by atoms with Crippen LogP contribution < -0.4 is 10.6 Å². The molecular weight excluding hydrogens is 355 g/mol. The van der Waals surface area contributed by atoms with Crippen molar-refractivity contribution >= 4 is 23.7 Å². The summed E-state index contributed by atoms with van der Waals surface area (Å²) in [5.41, 5.74) is -1.53. The van der Waals surface area contributed by atoms with Crippen LogP contribution >= 0.6 is 0 Å². The van der Waals surface area contributed by atoms with Gasteiger partial charge in [-0.25, -0.2) is 14.0 Å². The van der Waals surface area contributed by atoms with E-state index in [0.717, 1.165) is 0 Å². The fourth-order valence-electron chi connectivity index (χ4n) is 2.87. The number of nitrogens with one attached hydrogen (secondary N) is 2. The van der Waals surface area contributed by atoms with Gasteiger partial charge in [0.1, 0.15) is 12.6 Å². The maximum atomic E-state index is 15.3. The van der Waals surface area contributed by atoms with Crippen molar-refractivity contribution in [1.82, 2.24) is 5.32 Å². The molecule has 0 fully saturated rings. The SMILES string of the molecule is O=C(N[C@@H](CC1(F)C(=O)Nc2ccccc21)C(=O)O)OCc1ccccc1. The first-order valence-electron chi connectivity index (χ1n) is 8.20. The lowest BCUT2D eigenvalue weighted by atomic mass is 9.90. The number of alkyl carbamates (subject to hydrolysis) is 1. The average Bonchev–Trinajstić information content (AvgIpc) is 2.91. The Balaban J connectivity index is 1.68. The molecule has 2 aromatic carbocycles. The lowest BCUT2D eigenvalue weighted by Gasteiger charge is -2.22. The van der Waals surface area contributed by atoms with Crippen molar-refractivity contribution in [2.24, 2.45) is 0 Å². The van der Waals surface area contributed by atoms with Gasteiger partial charge in [-0.15, -0.1) is 0 Å². The van der Waals surface area contributed by atoms with Crippen molar-refractivity contribution in [3.63, 3.8) is 0 Å². The Morgan fingerprint density at radius 1 is 1.15 bits per heavy atom. The first kappa shape index (κ1) is 18.4. The fourth-order valence-corrected chi connectivity index (χ4v) is 2.87. The highest BCUT2D eigenvalue weighted by Crippen LogP contribution is 2.42. The third-order valence-electron chi connectivity index (χ3n) is 4.25. The molecule has 8 heteroatoms. The second-order valence-corrected chi connectivity index (χ2v) is 6.10. The van der Waals surface area contributed by atoms with Gasteiger partial charge in [-0.2, -0.15) is 0 Å². The Kier molecular flexibility index (Phi) is 5.07. The van der Waals surface area contributed by atoms with Crippen LogP contribution in [0.3, 0.4) is 0 Å². The third-order valence-corrected chi connectivity index (χ3v) is 4.25. The number of benzene rings is 2. The lowest BCUT2D eigenvalue weighted by molar-refractivity contribution is -0.141. The minimum Gasteiger partial charge on any atom is -0.480 e. The van der Waals surface area contributed by atoms with Gasteiger partial charge in [0.25, 0.3) is 5.91 Å². The molecule has 2 amide bonds. The number of carboxylic acids is 1. The maximum absolute atomic E-state index is 15.3. The van der Waals surface area contributed by atoms with Crippen LogP contribution in [-0.4, -0.2) is 29.1 Å². The smallest absolute Gasteiger partial charge is 0.408 e. The fraction of sp³-hybridized carbons (Fsp3) is 0.211. The number of carboxylic acid groups (broad SMARTS) is 1. The number of ether oxygens (including phenoxy) is 1. The minimum absolute atomic E-state index is 0.0423.